The minimum atomic E-state index is -0.589. The molecule has 3 nitrogen and oxygen atoms in total. The molecule has 0 saturated carbocycles. The van der Waals surface area contributed by atoms with Crippen molar-refractivity contribution in [1.29, 1.82) is 0 Å². The van der Waals surface area contributed by atoms with Gasteiger partial charge in [0.2, 0.25) is 5.91 Å². The lowest BCUT2D eigenvalue weighted by Gasteiger charge is -2.14. The molecular weight excluding hydrogens is 342 g/mol. The van der Waals surface area contributed by atoms with Gasteiger partial charge in [0.25, 0.3) is 0 Å². The maximum Gasteiger partial charge on any atom is 0.230 e. The van der Waals surface area contributed by atoms with Gasteiger partial charge in [0, 0.05) is 18.0 Å². The number of para-hydroxylation sites is 1. The molecule has 0 aromatic heterocycles. The number of hydrogen-bond donors (Lipinski definition) is 1. The average molecular weight is 360 g/mol. The van der Waals surface area contributed by atoms with E-state index in [0.717, 1.165) is 22.7 Å². The number of carbonyl (C=O) groups excluding carboxylic acids is 1. The largest absolute Gasteiger partial charge is 0.353 e. The van der Waals surface area contributed by atoms with Crippen LogP contribution in [-0.2, 0) is 17.6 Å². The summed E-state index contributed by atoms with van der Waals surface area (Å²) in [6.45, 7) is 1.73. The number of carbonyl (C=O) groups is 1. The number of nitrogens with zero attached hydrogens (tertiary/aromatic N) is 1. The molecule has 1 heterocycles. The molecule has 1 N–H and O–H groups in total. The third-order valence-corrected chi connectivity index (χ3v) is 4.90. The summed E-state index contributed by atoms with van der Waals surface area (Å²) in [6.07, 6.45) is 0.853. The van der Waals surface area contributed by atoms with Gasteiger partial charge in [-0.15, -0.1) is 11.8 Å². The van der Waals surface area contributed by atoms with Crippen LogP contribution in [0.4, 0.5) is 14.5 Å². The van der Waals surface area contributed by atoms with Crippen LogP contribution >= 0.6 is 11.8 Å². The van der Waals surface area contributed by atoms with Crippen molar-refractivity contribution in [3.05, 3.63) is 65.2 Å². The molecule has 1 amide bonds. The van der Waals surface area contributed by atoms with Gasteiger partial charge >= 0.3 is 0 Å². The smallest absolute Gasteiger partial charge is 0.230 e. The van der Waals surface area contributed by atoms with Crippen LogP contribution in [0.2, 0.25) is 0 Å². The molecule has 2 aromatic rings. The lowest BCUT2D eigenvalue weighted by Crippen LogP contribution is -2.36. The van der Waals surface area contributed by atoms with Gasteiger partial charge in [0.15, 0.2) is 0 Å². The van der Waals surface area contributed by atoms with Gasteiger partial charge in [0.05, 0.1) is 16.5 Å². The van der Waals surface area contributed by atoms with Crippen molar-refractivity contribution < 1.29 is 13.6 Å². The molecule has 0 saturated heterocycles. The summed E-state index contributed by atoms with van der Waals surface area (Å²) < 4.78 is 27.3. The quantitative estimate of drug-likeness (QED) is 0.875. The number of aliphatic imine (C=N–C) groups is 1. The fraction of sp³-hybridized carbons (Fsp3) is 0.263. The second-order valence-electron chi connectivity index (χ2n) is 5.97. The molecule has 6 heteroatoms. The standard InChI is InChI=1S/C19H18F2N2OS/c1-12(9-14-15(20)6-4-7-16(14)21)22-18(24)11-25-19-10-13-5-2-3-8-17(13)23-19/h2-8,12H,9-11H2,1H3,(H,22,24). The van der Waals surface area contributed by atoms with E-state index in [0.29, 0.717) is 0 Å². The Hall–Kier alpha value is -2.21. The first kappa shape index (κ1) is 17.6. The van der Waals surface area contributed by atoms with Gasteiger partial charge in [-0.25, -0.2) is 13.8 Å². The van der Waals surface area contributed by atoms with E-state index in [1.165, 1.54) is 30.0 Å². The maximum atomic E-state index is 13.7. The highest BCUT2D eigenvalue weighted by Crippen LogP contribution is 2.29. The van der Waals surface area contributed by atoms with Gasteiger partial charge < -0.3 is 5.32 Å². The van der Waals surface area contributed by atoms with Crippen LogP contribution < -0.4 is 5.32 Å². The van der Waals surface area contributed by atoms with Gasteiger partial charge in [-0.05, 0) is 37.1 Å². The van der Waals surface area contributed by atoms with Crippen LogP contribution in [0.3, 0.4) is 0 Å². The number of amides is 1. The lowest BCUT2D eigenvalue weighted by atomic mass is 10.1. The Balaban J connectivity index is 1.48. The molecule has 2 aromatic carbocycles. The molecule has 1 atom stereocenters. The molecule has 0 aliphatic carbocycles. The highest BCUT2D eigenvalue weighted by molar-refractivity contribution is 8.14. The number of thioether (sulfide) groups is 1. The predicted octanol–water partition coefficient (Wildman–Crippen LogP) is 4.03. The van der Waals surface area contributed by atoms with Crippen LogP contribution in [0.1, 0.15) is 18.1 Å². The van der Waals surface area contributed by atoms with Crippen LogP contribution in [0.25, 0.3) is 0 Å². The molecule has 0 radical (unpaired) electrons. The van der Waals surface area contributed by atoms with Crippen molar-refractivity contribution in [1.82, 2.24) is 5.32 Å². The van der Waals surface area contributed by atoms with E-state index in [1.54, 1.807) is 6.92 Å². The Morgan fingerprint density at radius 3 is 2.64 bits per heavy atom. The highest BCUT2D eigenvalue weighted by Gasteiger charge is 2.17. The van der Waals surface area contributed by atoms with Crippen molar-refractivity contribution in [2.75, 3.05) is 5.75 Å². The SMILES string of the molecule is CC(Cc1c(F)cccc1F)NC(=O)CSC1=Nc2ccccc2C1. The molecule has 1 aliphatic rings. The van der Waals surface area contributed by atoms with Crippen LogP contribution in [0.15, 0.2) is 47.5 Å². The van der Waals surface area contributed by atoms with E-state index in [9.17, 15) is 13.6 Å². The van der Waals surface area contributed by atoms with Crippen molar-refractivity contribution in [3.8, 4) is 0 Å². The molecule has 1 aliphatic heterocycles. The average Bonchev–Trinajstić information content (AvgIpc) is 2.99. The van der Waals surface area contributed by atoms with E-state index >= 15 is 0 Å². The summed E-state index contributed by atoms with van der Waals surface area (Å²) >= 11 is 1.39. The third-order valence-electron chi connectivity index (χ3n) is 3.93. The van der Waals surface area contributed by atoms with Crippen molar-refractivity contribution in [2.24, 2.45) is 4.99 Å². The second kappa shape index (κ2) is 7.78. The molecule has 1 unspecified atom stereocenters. The van der Waals surface area contributed by atoms with E-state index in [2.05, 4.69) is 10.3 Å². The van der Waals surface area contributed by atoms with Gasteiger partial charge in [-0.1, -0.05) is 24.3 Å². The maximum absolute atomic E-state index is 13.7. The summed E-state index contributed by atoms with van der Waals surface area (Å²) in [5.41, 5.74) is 2.11. The number of hydrogen-bond acceptors (Lipinski definition) is 3. The number of rotatable bonds is 5. The first-order chi connectivity index (χ1) is 12.0. The fourth-order valence-corrected chi connectivity index (χ4v) is 3.54. The lowest BCUT2D eigenvalue weighted by molar-refractivity contribution is -0.119. The number of nitrogens with one attached hydrogen (secondary N) is 1. The number of fused-ring (bicyclic) bond motifs is 1. The van der Waals surface area contributed by atoms with Gasteiger partial charge in [0.1, 0.15) is 11.6 Å². The molecule has 130 valence electrons. The van der Waals surface area contributed by atoms with E-state index in [-0.39, 0.29) is 29.7 Å². The second-order valence-corrected chi connectivity index (χ2v) is 7.02. The zero-order valence-electron chi connectivity index (χ0n) is 13.8. The molecule has 25 heavy (non-hydrogen) atoms. The topological polar surface area (TPSA) is 41.5 Å². The fourth-order valence-electron chi connectivity index (χ4n) is 2.74. The Morgan fingerprint density at radius 1 is 1.20 bits per heavy atom. The Morgan fingerprint density at radius 2 is 1.92 bits per heavy atom. The number of halogens is 2. The molecule has 0 spiro atoms. The van der Waals surface area contributed by atoms with Crippen LogP contribution in [0.5, 0.6) is 0 Å². The van der Waals surface area contributed by atoms with Crippen LogP contribution in [-0.4, -0.2) is 22.7 Å². The summed E-state index contributed by atoms with van der Waals surface area (Å²) in [5, 5.41) is 3.69. The van der Waals surface area contributed by atoms with E-state index in [4.69, 9.17) is 0 Å². The van der Waals surface area contributed by atoms with Gasteiger partial charge in [-0.2, -0.15) is 0 Å². The molecule has 0 fully saturated rings. The first-order valence-electron chi connectivity index (χ1n) is 8.03. The zero-order valence-corrected chi connectivity index (χ0v) is 14.6. The first-order valence-corrected chi connectivity index (χ1v) is 9.02. The normalized spacial score (nSPS) is 14.0. The van der Waals surface area contributed by atoms with Gasteiger partial charge in [-0.3, -0.25) is 4.79 Å². The summed E-state index contributed by atoms with van der Waals surface area (Å²) in [4.78, 5) is 16.6. The third kappa shape index (κ3) is 4.45. The Bertz CT molecular complexity index is 803. The van der Waals surface area contributed by atoms with Crippen LogP contribution in [0, 0.1) is 11.6 Å². The summed E-state index contributed by atoms with van der Waals surface area (Å²) in [7, 11) is 0. The molecule has 0 bridgehead atoms. The highest BCUT2D eigenvalue weighted by atomic mass is 32.2. The molecular formula is C19H18F2N2OS. The van der Waals surface area contributed by atoms with Crippen molar-refractivity contribution in [3.63, 3.8) is 0 Å². The monoisotopic (exact) mass is 360 g/mol. The summed E-state index contributed by atoms with van der Waals surface area (Å²) in [6, 6.07) is 11.3. The van der Waals surface area contributed by atoms with Crippen molar-refractivity contribution >= 4 is 28.4 Å². The number of benzene rings is 2. The van der Waals surface area contributed by atoms with Crippen molar-refractivity contribution in [2.45, 2.75) is 25.8 Å². The predicted molar refractivity (Wildman–Crippen MR) is 97.4 cm³/mol. The Labute approximate surface area is 149 Å². The minimum Gasteiger partial charge on any atom is -0.353 e. The van der Waals surface area contributed by atoms with E-state index in [1.807, 2.05) is 24.3 Å². The summed E-state index contributed by atoms with van der Waals surface area (Å²) in [5.74, 6) is -1.12. The minimum absolute atomic E-state index is 0.00132. The Kier molecular flexibility index (Phi) is 5.48. The van der Waals surface area contributed by atoms with E-state index < -0.39 is 11.6 Å². The zero-order chi connectivity index (χ0) is 17.8. The molecule has 3 rings (SSSR count).